The number of aryl methyl sites for hydroxylation is 1. The van der Waals surface area contributed by atoms with Crippen molar-refractivity contribution in [1.82, 2.24) is 0 Å². The normalized spacial score (nSPS) is 10.8. The SMILES string of the molecule is Cc1ccc(C(=O)/C=C/c2ccc(N(C)C)cc2)c(OB(c2ccccc2)c2ccccc2)c1. The third kappa shape index (κ3) is 5.65. The molecular weight excluding hydrogens is 417 g/mol. The van der Waals surface area contributed by atoms with Crippen molar-refractivity contribution in [3.05, 3.63) is 126 Å². The first-order valence-corrected chi connectivity index (χ1v) is 11.4. The first-order valence-electron chi connectivity index (χ1n) is 11.4. The van der Waals surface area contributed by atoms with Crippen molar-refractivity contribution < 1.29 is 9.45 Å². The van der Waals surface area contributed by atoms with Crippen LogP contribution in [0.15, 0.2) is 109 Å². The quantitative estimate of drug-likeness (QED) is 0.214. The number of allylic oxidation sites excluding steroid dienone is 1. The standard InChI is InChI=1S/C30H28BNO2/c1-23-14-20-28(29(33)21-17-24-15-18-27(19-16-24)32(2)3)30(22-23)34-31(25-10-6-4-7-11-25)26-12-8-5-9-13-26/h4-22H,1-3H3/b21-17+. The van der Waals surface area contributed by atoms with Crippen LogP contribution in [-0.4, -0.2) is 26.8 Å². The van der Waals surface area contributed by atoms with E-state index < -0.39 is 0 Å². The highest BCUT2D eigenvalue weighted by Gasteiger charge is 2.25. The minimum Gasteiger partial charge on any atom is -0.551 e. The van der Waals surface area contributed by atoms with Crippen LogP contribution in [0.4, 0.5) is 5.69 Å². The molecule has 3 nitrogen and oxygen atoms in total. The number of carbonyl (C=O) groups is 1. The van der Waals surface area contributed by atoms with Crippen LogP contribution in [0.5, 0.6) is 5.75 Å². The van der Waals surface area contributed by atoms with Gasteiger partial charge in [-0.15, -0.1) is 0 Å². The van der Waals surface area contributed by atoms with Crippen LogP contribution in [0, 0.1) is 6.92 Å². The molecule has 34 heavy (non-hydrogen) atoms. The van der Waals surface area contributed by atoms with Gasteiger partial charge in [0.1, 0.15) is 5.75 Å². The predicted molar refractivity (Wildman–Crippen MR) is 144 cm³/mol. The Balaban J connectivity index is 1.64. The van der Waals surface area contributed by atoms with E-state index in [-0.39, 0.29) is 12.7 Å². The number of nitrogens with zero attached hydrogens (tertiary/aromatic N) is 1. The van der Waals surface area contributed by atoms with Gasteiger partial charge in [0.15, 0.2) is 5.78 Å². The molecule has 0 unspecified atom stereocenters. The average molecular weight is 445 g/mol. The summed E-state index contributed by atoms with van der Waals surface area (Å²) in [7, 11) is 4.01. The van der Waals surface area contributed by atoms with Crippen molar-refractivity contribution >= 4 is 35.4 Å². The molecule has 0 atom stereocenters. The molecule has 4 aromatic rings. The van der Waals surface area contributed by atoms with Crippen LogP contribution < -0.4 is 20.5 Å². The lowest BCUT2D eigenvalue weighted by Crippen LogP contribution is -2.47. The summed E-state index contributed by atoms with van der Waals surface area (Å²) < 4.78 is 6.55. The van der Waals surface area contributed by atoms with Gasteiger partial charge in [-0.2, -0.15) is 0 Å². The highest BCUT2D eigenvalue weighted by molar-refractivity contribution is 6.80. The summed E-state index contributed by atoms with van der Waals surface area (Å²) in [6, 6.07) is 34.0. The minimum absolute atomic E-state index is 0.0911. The predicted octanol–water partition coefficient (Wildman–Crippen LogP) is 5.14. The second kappa shape index (κ2) is 10.7. The summed E-state index contributed by atoms with van der Waals surface area (Å²) >= 11 is 0. The molecule has 0 spiro atoms. The highest BCUT2D eigenvalue weighted by Crippen LogP contribution is 2.23. The molecule has 4 rings (SSSR count). The zero-order chi connectivity index (χ0) is 23.9. The fourth-order valence-electron chi connectivity index (χ4n) is 3.79. The van der Waals surface area contributed by atoms with E-state index in [0.29, 0.717) is 11.3 Å². The molecule has 0 bridgehead atoms. The van der Waals surface area contributed by atoms with Gasteiger partial charge in [0.25, 0.3) is 0 Å². The summed E-state index contributed by atoms with van der Waals surface area (Å²) in [6.07, 6.45) is 3.46. The smallest absolute Gasteiger partial charge is 0.426 e. The molecule has 0 aliphatic heterocycles. The van der Waals surface area contributed by atoms with Gasteiger partial charge in [0.2, 0.25) is 0 Å². The molecule has 0 aliphatic carbocycles. The monoisotopic (exact) mass is 445 g/mol. The number of ketones is 1. The maximum atomic E-state index is 13.2. The lowest BCUT2D eigenvalue weighted by Gasteiger charge is -2.19. The van der Waals surface area contributed by atoms with Gasteiger partial charge in [0.05, 0.1) is 5.56 Å². The van der Waals surface area contributed by atoms with Crippen LogP contribution in [0.3, 0.4) is 0 Å². The lowest BCUT2D eigenvalue weighted by molar-refractivity contribution is 0.104. The van der Waals surface area contributed by atoms with Crippen molar-refractivity contribution in [1.29, 1.82) is 0 Å². The second-order valence-corrected chi connectivity index (χ2v) is 8.50. The first kappa shape index (κ1) is 23.1. The first-order chi connectivity index (χ1) is 16.5. The molecule has 0 heterocycles. The van der Waals surface area contributed by atoms with Gasteiger partial charge >= 0.3 is 6.92 Å². The van der Waals surface area contributed by atoms with E-state index in [4.69, 9.17) is 4.65 Å². The Bertz CT molecular complexity index is 1230. The molecule has 0 N–H and O–H groups in total. The summed E-state index contributed by atoms with van der Waals surface area (Å²) in [5.74, 6) is 0.488. The van der Waals surface area contributed by atoms with Crippen LogP contribution in [-0.2, 0) is 0 Å². The number of rotatable bonds is 8. The summed E-state index contributed by atoms with van der Waals surface area (Å²) in [5, 5.41) is 0. The molecule has 4 aromatic carbocycles. The Morgan fingerprint density at radius 3 is 1.94 bits per heavy atom. The number of anilines is 1. The third-order valence-electron chi connectivity index (χ3n) is 5.69. The fourth-order valence-corrected chi connectivity index (χ4v) is 3.79. The van der Waals surface area contributed by atoms with Crippen molar-refractivity contribution in [2.75, 3.05) is 19.0 Å². The van der Waals surface area contributed by atoms with Gasteiger partial charge in [-0.1, -0.05) is 84.9 Å². The van der Waals surface area contributed by atoms with E-state index >= 15 is 0 Å². The highest BCUT2D eigenvalue weighted by atomic mass is 16.4. The van der Waals surface area contributed by atoms with Gasteiger partial charge < -0.3 is 9.55 Å². The molecule has 0 fully saturated rings. The van der Waals surface area contributed by atoms with Gasteiger partial charge in [0, 0.05) is 19.8 Å². The van der Waals surface area contributed by atoms with Gasteiger partial charge in [-0.05, 0) is 59.3 Å². The van der Waals surface area contributed by atoms with Gasteiger partial charge in [-0.25, -0.2) is 0 Å². The van der Waals surface area contributed by atoms with E-state index in [2.05, 4.69) is 0 Å². The average Bonchev–Trinajstić information content (AvgIpc) is 2.87. The topological polar surface area (TPSA) is 29.5 Å². The molecule has 168 valence electrons. The Kier molecular flexibility index (Phi) is 7.29. The zero-order valence-corrected chi connectivity index (χ0v) is 19.8. The van der Waals surface area contributed by atoms with E-state index in [9.17, 15) is 4.79 Å². The van der Waals surface area contributed by atoms with Crippen molar-refractivity contribution in [3.8, 4) is 5.75 Å². The van der Waals surface area contributed by atoms with E-state index in [1.54, 1.807) is 6.08 Å². The van der Waals surface area contributed by atoms with Crippen LogP contribution in [0.1, 0.15) is 21.5 Å². The van der Waals surface area contributed by atoms with E-state index in [1.807, 2.05) is 135 Å². The third-order valence-corrected chi connectivity index (χ3v) is 5.69. The molecular formula is C30H28BNO2. The van der Waals surface area contributed by atoms with Crippen molar-refractivity contribution in [2.45, 2.75) is 6.92 Å². The molecule has 0 saturated carbocycles. The Morgan fingerprint density at radius 2 is 1.38 bits per heavy atom. The maximum Gasteiger partial charge on any atom is 0.426 e. The van der Waals surface area contributed by atoms with E-state index in [1.165, 1.54) is 0 Å². The second-order valence-electron chi connectivity index (χ2n) is 8.50. The maximum absolute atomic E-state index is 13.2. The Morgan fingerprint density at radius 1 is 0.794 bits per heavy atom. The van der Waals surface area contributed by atoms with Crippen LogP contribution >= 0.6 is 0 Å². The Labute approximate surface area is 202 Å². The Hall–Kier alpha value is -4.05. The fraction of sp³-hybridized carbons (Fsp3) is 0.100. The number of benzene rings is 4. The molecule has 0 amide bonds. The summed E-state index contributed by atoms with van der Waals surface area (Å²) in [5.41, 5.74) is 5.74. The van der Waals surface area contributed by atoms with Gasteiger partial charge in [-0.3, -0.25) is 4.79 Å². The van der Waals surface area contributed by atoms with Crippen molar-refractivity contribution in [3.63, 3.8) is 0 Å². The molecule has 0 radical (unpaired) electrons. The van der Waals surface area contributed by atoms with Crippen LogP contribution in [0.2, 0.25) is 0 Å². The zero-order valence-electron chi connectivity index (χ0n) is 19.8. The van der Waals surface area contributed by atoms with Crippen LogP contribution in [0.25, 0.3) is 6.08 Å². The summed E-state index contributed by atoms with van der Waals surface area (Å²) in [6.45, 7) is 1.68. The largest absolute Gasteiger partial charge is 0.551 e. The lowest BCUT2D eigenvalue weighted by atomic mass is 9.55. The van der Waals surface area contributed by atoms with Crippen molar-refractivity contribution in [2.24, 2.45) is 0 Å². The molecule has 4 heteroatoms. The minimum atomic E-state index is -0.321. The number of carbonyl (C=O) groups excluding carboxylic acids is 1. The summed E-state index contributed by atoms with van der Waals surface area (Å²) in [4.78, 5) is 15.3. The number of hydrogen-bond acceptors (Lipinski definition) is 3. The number of hydrogen-bond donors (Lipinski definition) is 0. The van der Waals surface area contributed by atoms with E-state index in [0.717, 1.165) is 27.7 Å². The molecule has 0 aromatic heterocycles. The molecule has 0 saturated heterocycles. The molecule has 0 aliphatic rings.